The number of esters is 1. The van der Waals surface area contributed by atoms with Gasteiger partial charge < -0.3 is 14.5 Å². The Labute approximate surface area is 206 Å². The van der Waals surface area contributed by atoms with Crippen molar-refractivity contribution in [3.63, 3.8) is 0 Å². The maximum absolute atomic E-state index is 13.5. The molecule has 0 saturated carbocycles. The number of Topliss-reactive ketones (excluding diaryl/α,β-unsaturated/α-hetero) is 1. The third-order valence-corrected chi connectivity index (χ3v) is 6.48. The van der Waals surface area contributed by atoms with Crippen molar-refractivity contribution in [1.29, 1.82) is 0 Å². The molecule has 0 unspecified atom stereocenters. The number of nitrogens with zero attached hydrogens (tertiary/aromatic N) is 2. The lowest BCUT2D eigenvalue weighted by Gasteiger charge is -2.15. The summed E-state index contributed by atoms with van der Waals surface area (Å²) in [6.07, 6.45) is 0. The normalized spacial score (nSPS) is 11.0. The van der Waals surface area contributed by atoms with Crippen molar-refractivity contribution in [2.45, 2.75) is 25.9 Å². The number of para-hydroxylation sites is 3. The molecular weight excluding hydrogens is 466 g/mol. The number of rotatable bonds is 8. The number of aromatic nitrogens is 3. The number of methoxy groups -OCH3 is 1. The van der Waals surface area contributed by atoms with Crippen LogP contribution in [0.3, 0.4) is 0 Å². The summed E-state index contributed by atoms with van der Waals surface area (Å²) in [4.78, 5) is 47.1. The SMILES string of the molecule is CCOC(=O)c1c(C)[nH]c(C)c1C(=O)CSc1nc2ccccc2c(=O)n1-c1ccccc1OC. The molecule has 0 atom stereocenters. The first kappa shape index (κ1) is 24.3. The van der Waals surface area contributed by atoms with Crippen LogP contribution in [-0.4, -0.2) is 45.8 Å². The Morgan fingerprint density at radius 2 is 1.71 bits per heavy atom. The lowest BCUT2D eigenvalue weighted by molar-refractivity contribution is 0.0522. The molecule has 0 bridgehead atoms. The molecule has 2 heterocycles. The fraction of sp³-hybridized carbons (Fsp3) is 0.231. The third-order valence-electron chi connectivity index (χ3n) is 5.54. The second-order valence-electron chi connectivity index (χ2n) is 7.78. The van der Waals surface area contributed by atoms with Gasteiger partial charge in [0.15, 0.2) is 10.9 Å². The van der Waals surface area contributed by atoms with Gasteiger partial charge in [-0.15, -0.1) is 0 Å². The molecule has 0 fully saturated rings. The smallest absolute Gasteiger partial charge is 0.340 e. The van der Waals surface area contributed by atoms with Crippen molar-refractivity contribution in [3.8, 4) is 11.4 Å². The molecule has 0 aliphatic rings. The van der Waals surface area contributed by atoms with Gasteiger partial charge in [0.25, 0.3) is 5.56 Å². The summed E-state index contributed by atoms with van der Waals surface area (Å²) in [5.41, 5.74) is 2.47. The minimum Gasteiger partial charge on any atom is -0.495 e. The van der Waals surface area contributed by atoms with Crippen LogP contribution in [0.5, 0.6) is 5.75 Å². The van der Waals surface area contributed by atoms with Gasteiger partial charge in [-0.3, -0.25) is 14.2 Å². The molecule has 0 spiro atoms. The average molecular weight is 492 g/mol. The number of carbonyl (C=O) groups is 2. The summed E-state index contributed by atoms with van der Waals surface area (Å²) < 4.78 is 12.1. The first-order valence-corrected chi connectivity index (χ1v) is 12.0. The monoisotopic (exact) mass is 491 g/mol. The minimum absolute atomic E-state index is 0.0372. The van der Waals surface area contributed by atoms with Crippen LogP contribution in [-0.2, 0) is 4.74 Å². The number of thioether (sulfide) groups is 1. The van der Waals surface area contributed by atoms with Crippen LogP contribution in [0.1, 0.15) is 39.0 Å². The van der Waals surface area contributed by atoms with Gasteiger partial charge in [-0.25, -0.2) is 9.78 Å². The number of aryl methyl sites for hydroxylation is 2. The van der Waals surface area contributed by atoms with Crippen LogP contribution in [0.25, 0.3) is 16.6 Å². The molecule has 0 amide bonds. The van der Waals surface area contributed by atoms with Crippen molar-refractivity contribution in [2.24, 2.45) is 0 Å². The number of hydrogen-bond donors (Lipinski definition) is 1. The number of fused-ring (bicyclic) bond motifs is 1. The predicted octanol–water partition coefficient (Wildman–Crippen LogP) is 4.49. The summed E-state index contributed by atoms with van der Waals surface area (Å²) in [7, 11) is 1.53. The van der Waals surface area contributed by atoms with Gasteiger partial charge in [-0.2, -0.15) is 0 Å². The van der Waals surface area contributed by atoms with E-state index in [0.717, 1.165) is 11.8 Å². The molecule has 180 valence electrons. The van der Waals surface area contributed by atoms with Gasteiger partial charge in [0, 0.05) is 11.4 Å². The van der Waals surface area contributed by atoms with E-state index >= 15 is 0 Å². The fourth-order valence-corrected chi connectivity index (χ4v) is 4.90. The Morgan fingerprint density at radius 1 is 1.03 bits per heavy atom. The largest absolute Gasteiger partial charge is 0.495 e. The van der Waals surface area contributed by atoms with Crippen LogP contribution in [0.15, 0.2) is 58.5 Å². The number of carbonyl (C=O) groups excluding carboxylic acids is 2. The van der Waals surface area contributed by atoms with Crippen molar-refractivity contribution in [2.75, 3.05) is 19.5 Å². The van der Waals surface area contributed by atoms with Gasteiger partial charge in [0.05, 0.1) is 47.2 Å². The molecule has 0 aliphatic carbocycles. The predicted molar refractivity (Wildman–Crippen MR) is 135 cm³/mol. The van der Waals surface area contributed by atoms with Crippen molar-refractivity contribution >= 4 is 34.4 Å². The lowest BCUT2D eigenvalue weighted by atomic mass is 10.1. The fourth-order valence-electron chi connectivity index (χ4n) is 4.03. The molecule has 2 aromatic carbocycles. The lowest BCUT2D eigenvalue weighted by Crippen LogP contribution is -2.23. The van der Waals surface area contributed by atoms with Crippen LogP contribution in [0.4, 0.5) is 0 Å². The number of hydrogen-bond acceptors (Lipinski definition) is 7. The second-order valence-corrected chi connectivity index (χ2v) is 8.72. The van der Waals surface area contributed by atoms with E-state index in [4.69, 9.17) is 9.47 Å². The summed E-state index contributed by atoms with van der Waals surface area (Å²) in [6.45, 7) is 5.39. The summed E-state index contributed by atoms with van der Waals surface area (Å²) >= 11 is 1.13. The topological polar surface area (TPSA) is 103 Å². The number of ketones is 1. The van der Waals surface area contributed by atoms with Crippen LogP contribution < -0.4 is 10.3 Å². The summed E-state index contributed by atoms with van der Waals surface area (Å²) in [5.74, 6) is -0.349. The first-order chi connectivity index (χ1) is 16.9. The Hall–Kier alpha value is -3.85. The van der Waals surface area contributed by atoms with Crippen LogP contribution >= 0.6 is 11.8 Å². The van der Waals surface area contributed by atoms with Crippen LogP contribution in [0.2, 0.25) is 0 Å². The van der Waals surface area contributed by atoms with E-state index in [1.807, 2.05) is 6.07 Å². The Morgan fingerprint density at radius 3 is 2.46 bits per heavy atom. The molecule has 9 heteroatoms. The van der Waals surface area contributed by atoms with Gasteiger partial charge in [-0.05, 0) is 45.0 Å². The standard InChI is InChI=1S/C26H25N3O5S/c1-5-34-25(32)23-16(3)27-15(2)22(23)20(30)14-35-26-28-18-11-7-6-10-17(18)24(31)29(26)19-12-8-9-13-21(19)33-4/h6-13,27H,5,14H2,1-4H3. The average Bonchev–Trinajstić information content (AvgIpc) is 3.16. The van der Waals surface area contributed by atoms with E-state index in [0.29, 0.717) is 44.4 Å². The number of ether oxygens (including phenoxy) is 2. The Balaban J connectivity index is 1.78. The van der Waals surface area contributed by atoms with Gasteiger partial charge >= 0.3 is 5.97 Å². The first-order valence-electron chi connectivity index (χ1n) is 11.0. The zero-order valence-corrected chi connectivity index (χ0v) is 20.7. The maximum atomic E-state index is 13.5. The highest BCUT2D eigenvalue weighted by molar-refractivity contribution is 7.99. The molecule has 0 saturated heterocycles. The number of aromatic amines is 1. The molecule has 1 N–H and O–H groups in total. The van der Waals surface area contributed by atoms with Gasteiger partial charge in [0.2, 0.25) is 0 Å². The molecule has 0 aliphatic heterocycles. The molecule has 2 aromatic heterocycles. The third kappa shape index (κ3) is 4.59. The van der Waals surface area contributed by atoms with E-state index in [1.165, 1.54) is 11.7 Å². The highest BCUT2D eigenvalue weighted by Gasteiger charge is 2.26. The number of H-pyrrole nitrogens is 1. The van der Waals surface area contributed by atoms with Crippen molar-refractivity contribution in [3.05, 3.63) is 81.4 Å². The highest BCUT2D eigenvalue weighted by atomic mass is 32.2. The van der Waals surface area contributed by atoms with E-state index in [1.54, 1.807) is 63.2 Å². The summed E-state index contributed by atoms with van der Waals surface area (Å²) in [6, 6.07) is 14.2. The quantitative estimate of drug-likeness (QED) is 0.168. The van der Waals surface area contributed by atoms with E-state index < -0.39 is 5.97 Å². The summed E-state index contributed by atoms with van der Waals surface area (Å²) in [5, 5.41) is 0.796. The molecule has 35 heavy (non-hydrogen) atoms. The van der Waals surface area contributed by atoms with Crippen molar-refractivity contribution < 1.29 is 19.1 Å². The van der Waals surface area contributed by atoms with Crippen molar-refractivity contribution in [1.82, 2.24) is 14.5 Å². The maximum Gasteiger partial charge on any atom is 0.340 e. The molecule has 8 nitrogen and oxygen atoms in total. The Bertz CT molecular complexity index is 1490. The van der Waals surface area contributed by atoms with Gasteiger partial charge in [-0.1, -0.05) is 36.0 Å². The zero-order chi connectivity index (χ0) is 25.1. The van der Waals surface area contributed by atoms with E-state index in [9.17, 15) is 14.4 Å². The molecule has 0 radical (unpaired) electrons. The number of benzene rings is 2. The van der Waals surface area contributed by atoms with E-state index in [2.05, 4.69) is 9.97 Å². The Kier molecular flexibility index (Phi) is 7.07. The van der Waals surface area contributed by atoms with Gasteiger partial charge in [0.1, 0.15) is 5.75 Å². The van der Waals surface area contributed by atoms with Crippen LogP contribution in [0, 0.1) is 13.8 Å². The highest BCUT2D eigenvalue weighted by Crippen LogP contribution is 2.28. The molecule has 4 rings (SSSR count). The number of nitrogens with one attached hydrogen (secondary N) is 1. The zero-order valence-electron chi connectivity index (χ0n) is 19.9. The molecule has 4 aromatic rings. The minimum atomic E-state index is -0.544. The van der Waals surface area contributed by atoms with E-state index in [-0.39, 0.29) is 29.3 Å². The molecular formula is C26H25N3O5S. The second kappa shape index (κ2) is 10.2.